The van der Waals surface area contributed by atoms with E-state index in [9.17, 15) is 4.79 Å². The highest BCUT2D eigenvalue weighted by Gasteiger charge is 2.14. The molecule has 0 aliphatic carbocycles. The number of hydrogen-bond donors (Lipinski definition) is 2. The van der Waals surface area contributed by atoms with E-state index in [1.807, 2.05) is 26.0 Å². The Morgan fingerprint density at radius 3 is 2.50 bits per heavy atom. The molecule has 1 heterocycles. The van der Waals surface area contributed by atoms with Crippen LogP contribution in [-0.4, -0.2) is 17.9 Å². The van der Waals surface area contributed by atoms with Gasteiger partial charge in [-0.1, -0.05) is 15.9 Å². The number of benzene rings is 1. The normalized spacial score (nSPS) is 10.2. The summed E-state index contributed by atoms with van der Waals surface area (Å²) in [5.74, 6) is 0.397. The van der Waals surface area contributed by atoms with Crippen LogP contribution in [-0.2, 0) is 0 Å². The van der Waals surface area contributed by atoms with Crippen molar-refractivity contribution in [3.8, 4) is 0 Å². The van der Waals surface area contributed by atoms with Crippen molar-refractivity contribution in [3.63, 3.8) is 0 Å². The van der Waals surface area contributed by atoms with Crippen molar-refractivity contribution in [2.75, 3.05) is 17.7 Å². The Morgan fingerprint density at radius 2 is 1.90 bits per heavy atom. The second kappa shape index (κ2) is 6.05. The summed E-state index contributed by atoms with van der Waals surface area (Å²) < 4.78 is 1.00. The summed E-state index contributed by atoms with van der Waals surface area (Å²) in [4.78, 5) is 16.5. The van der Waals surface area contributed by atoms with E-state index in [0.29, 0.717) is 11.4 Å². The number of hydrogen-bond acceptors (Lipinski definition) is 3. The van der Waals surface area contributed by atoms with Crippen molar-refractivity contribution in [2.45, 2.75) is 13.8 Å². The molecule has 0 unspecified atom stereocenters. The summed E-state index contributed by atoms with van der Waals surface area (Å²) in [5, 5.41) is 5.88. The maximum atomic E-state index is 12.4. The van der Waals surface area contributed by atoms with Gasteiger partial charge in [0, 0.05) is 23.4 Å². The fraction of sp³-hybridized carbons (Fsp3) is 0.200. The SMILES string of the molecule is CNc1ncccc1C(=O)Nc1c(C)cc(Br)cc1C. The molecule has 2 N–H and O–H groups in total. The molecule has 0 fully saturated rings. The maximum Gasteiger partial charge on any atom is 0.259 e. The highest BCUT2D eigenvalue weighted by Crippen LogP contribution is 2.26. The van der Waals surface area contributed by atoms with Gasteiger partial charge in [-0.25, -0.2) is 4.98 Å². The molecule has 1 amide bonds. The zero-order chi connectivity index (χ0) is 14.7. The molecule has 4 nitrogen and oxygen atoms in total. The fourth-order valence-corrected chi connectivity index (χ4v) is 2.76. The van der Waals surface area contributed by atoms with Crippen molar-refractivity contribution >= 4 is 33.3 Å². The molecule has 0 saturated heterocycles. The summed E-state index contributed by atoms with van der Waals surface area (Å²) in [6.45, 7) is 3.94. The second-order valence-corrected chi connectivity index (χ2v) is 5.43. The minimum Gasteiger partial charge on any atom is -0.372 e. The van der Waals surface area contributed by atoms with Gasteiger partial charge < -0.3 is 10.6 Å². The number of halogens is 1. The third-order valence-electron chi connectivity index (χ3n) is 3.03. The molecule has 0 aliphatic rings. The molecule has 1 aromatic heterocycles. The third kappa shape index (κ3) is 2.99. The molecule has 1 aromatic carbocycles. The van der Waals surface area contributed by atoms with E-state index in [1.54, 1.807) is 25.4 Å². The Balaban J connectivity index is 2.33. The zero-order valence-corrected chi connectivity index (χ0v) is 13.2. The van der Waals surface area contributed by atoms with E-state index in [1.165, 1.54) is 0 Å². The molecule has 5 heteroatoms. The van der Waals surface area contributed by atoms with Gasteiger partial charge in [0.2, 0.25) is 0 Å². The molecule has 104 valence electrons. The Kier molecular flexibility index (Phi) is 4.39. The molecule has 0 saturated carbocycles. The van der Waals surface area contributed by atoms with Crippen LogP contribution in [0.2, 0.25) is 0 Å². The highest BCUT2D eigenvalue weighted by atomic mass is 79.9. The first kappa shape index (κ1) is 14.5. The summed E-state index contributed by atoms with van der Waals surface area (Å²) in [6.07, 6.45) is 1.65. The van der Waals surface area contributed by atoms with Crippen LogP contribution in [0.5, 0.6) is 0 Å². The van der Waals surface area contributed by atoms with Gasteiger partial charge in [0.15, 0.2) is 0 Å². The van der Waals surface area contributed by atoms with Crippen molar-refractivity contribution in [1.82, 2.24) is 4.98 Å². The minimum absolute atomic E-state index is 0.170. The first-order valence-corrected chi connectivity index (χ1v) is 7.03. The summed E-state index contributed by atoms with van der Waals surface area (Å²) in [6, 6.07) is 7.45. The molecule has 0 spiro atoms. The molecular formula is C15H16BrN3O. The van der Waals surface area contributed by atoms with E-state index >= 15 is 0 Å². The number of aromatic nitrogens is 1. The van der Waals surface area contributed by atoms with E-state index in [4.69, 9.17) is 0 Å². The molecule has 2 rings (SSSR count). The van der Waals surface area contributed by atoms with Gasteiger partial charge >= 0.3 is 0 Å². The van der Waals surface area contributed by atoms with Gasteiger partial charge in [-0.2, -0.15) is 0 Å². The number of anilines is 2. The standard InChI is InChI=1S/C15H16BrN3O/c1-9-7-11(16)8-10(2)13(9)19-15(20)12-5-4-6-18-14(12)17-3/h4-8H,1-3H3,(H,17,18)(H,19,20). The van der Waals surface area contributed by atoms with Gasteiger partial charge in [0.05, 0.1) is 5.56 Å². The van der Waals surface area contributed by atoms with Crippen LogP contribution in [0.25, 0.3) is 0 Å². The summed E-state index contributed by atoms with van der Waals surface area (Å²) in [5.41, 5.74) is 3.39. The molecule has 0 radical (unpaired) electrons. The Morgan fingerprint density at radius 1 is 1.25 bits per heavy atom. The lowest BCUT2D eigenvalue weighted by Gasteiger charge is -2.13. The van der Waals surface area contributed by atoms with Gasteiger partial charge in [0.1, 0.15) is 5.82 Å². The number of aryl methyl sites for hydroxylation is 2. The number of nitrogens with zero attached hydrogens (tertiary/aromatic N) is 1. The fourth-order valence-electron chi connectivity index (χ4n) is 2.08. The van der Waals surface area contributed by atoms with E-state index in [2.05, 4.69) is 31.5 Å². The van der Waals surface area contributed by atoms with E-state index in [0.717, 1.165) is 21.3 Å². The quantitative estimate of drug-likeness (QED) is 0.899. The molecule has 0 aliphatic heterocycles. The van der Waals surface area contributed by atoms with Gasteiger partial charge in [-0.15, -0.1) is 0 Å². The van der Waals surface area contributed by atoms with Crippen LogP contribution < -0.4 is 10.6 Å². The van der Waals surface area contributed by atoms with Crippen molar-refractivity contribution in [3.05, 3.63) is 51.6 Å². The van der Waals surface area contributed by atoms with Crippen LogP contribution >= 0.6 is 15.9 Å². The number of nitrogens with one attached hydrogen (secondary N) is 2. The lowest BCUT2D eigenvalue weighted by atomic mass is 10.1. The summed E-state index contributed by atoms with van der Waals surface area (Å²) in [7, 11) is 1.75. The average Bonchev–Trinajstić information content (AvgIpc) is 2.42. The van der Waals surface area contributed by atoms with Gasteiger partial charge in [-0.05, 0) is 49.2 Å². The first-order chi connectivity index (χ1) is 9.52. The highest BCUT2D eigenvalue weighted by molar-refractivity contribution is 9.10. The maximum absolute atomic E-state index is 12.4. The average molecular weight is 334 g/mol. The predicted octanol–water partition coefficient (Wildman–Crippen LogP) is 3.75. The van der Waals surface area contributed by atoms with Crippen molar-refractivity contribution in [2.24, 2.45) is 0 Å². The first-order valence-electron chi connectivity index (χ1n) is 6.23. The largest absolute Gasteiger partial charge is 0.372 e. The smallest absolute Gasteiger partial charge is 0.259 e. The molecule has 0 bridgehead atoms. The summed E-state index contributed by atoms with van der Waals surface area (Å²) >= 11 is 3.45. The van der Waals surface area contributed by atoms with Crippen molar-refractivity contribution in [1.29, 1.82) is 0 Å². The Hall–Kier alpha value is -1.88. The Labute approximate surface area is 126 Å². The lowest BCUT2D eigenvalue weighted by molar-refractivity contribution is 0.102. The third-order valence-corrected chi connectivity index (χ3v) is 3.48. The van der Waals surface area contributed by atoms with Gasteiger partial charge in [-0.3, -0.25) is 4.79 Å². The minimum atomic E-state index is -0.170. The van der Waals surface area contributed by atoms with E-state index in [-0.39, 0.29) is 5.91 Å². The number of pyridine rings is 1. The molecule has 20 heavy (non-hydrogen) atoms. The van der Waals surface area contributed by atoms with Crippen LogP contribution in [0.1, 0.15) is 21.5 Å². The second-order valence-electron chi connectivity index (χ2n) is 4.52. The van der Waals surface area contributed by atoms with Crippen LogP contribution in [0.3, 0.4) is 0 Å². The number of amides is 1. The molecular weight excluding hydrogens is 318 g/mol. The number of rotatable bonds is 3. The van der Waals surface area contributed by atoms with Crippen LogP contribution in [0.15, 0.2) is 34.9 Å². The molecule has 2 aromatic rings. The van der Waals surface area contributed by atoms with Crippen LogP contribution in [0.4, 0.5) is 11.5 Å². The van der Waals surface area contributed by atoms with Crippen LogP contribution in [0, 0.1) is 13.8 Å². The number of carbonyl (C=O) groups is 1. The predicted molar refractivity (Wildman–Crippen MR) is 85.4 cm³/mol. The Bertz CT molecular complexity index is 632. The monoisotopic (exact) mass is 333 g/mol. The van der Waals surface area contributed by atoms with E-state index < -0.39 is 0 Å². The topological polar surface area (TPSA) is 54.0 Å². The zero-order valence-electron chi connectivity index (χ0n) is 11.6. The number of carbonyl (C=O) groups excluding carboxylic acids is 1. The lowest BCUT2D eigenvalue weighted by Crippen LogP contribution is -2.16. The molecule has 0 atom stereocenters. The van der Waals surface area contributed by atoms with Gasteiger partial charge in [0.25, 0.3) is 5.91 Å². The van der Waals surface area contributed by atoms with Crippen molar-refractivity contribution < 1.29 is 4.79 Å².